The van der Waals surface area contributed by atoms with Crippen molar-refractivity contribution in [2.75, 3.05) is 15.5 Å². The first-order valence-corrected chi connectivity index (χ1v) is 12.2. The highest BCUT2D eigenvalue weighted by Gasteiger charge is 2.39. The normalized spacial score (nSPS) is 13.6. The molecule has 0 saturated heterocycles. The third-order valence-electron chi connectivity index (χ3n) is 5.89. The first-order valence-electron chi connectivity index (χ1n) is 11.4. The summed E-state index contributed by atoms with van der Waals surface area (Å²) < 4.78 is 0. The molecule has 0 aromatic heterocycles. The number of imide groups is 1. The number of carbonyl (C=O) groups excluding carboxylic acids is 3. The minimum Gasteiger partial charge on any atom is -0.350 e. The molecule has 1 aliphatic heterocycles. The van der Waals surface area contributed by atoms with Gasteiger partial charge in [-0.1, -0.05) is 73.4 Å². The van der Waals surface area contributed by atoms with Crippen LogP contribution in [0, 0.1) is 6.92 Å². The number of hydrogen-bond acceptors (Lipinski definition) is 4. The zero-order valence-corrected chi connectivity index (χ0v) is 21.6. The monoisotopic (exact) mass is 521 g/mol. The van der Waals surface area contributed by atoms with Crippen molar-refractivity contribution in [1.29, 1.82) is 0 Å². The highest BCUT2D eigenvalue weighted by molar-refractivity contribution is 6.53. The van der Waals surface area contributed by atoms with Gasteiger partial charge in [0, 0.05) is 16.4 Å². The first-order chi connectivity index (χ1) is 17.2. The molecule has 8 heteroatoms. The number of halogens is 2. The predicted octanol–water partition coefficient (Wildman–Crippen LogP) is 6.39. The Morgan fingerprint density at radius 1 is 0.944 bits per heavy atom. The van der Waals surface area contributed by atoms with Crippen molar-refractivity contribution >= 4 is 58.0 Å². The summed E-state index contributed by atoms with van der Waals surface area (Å²) in [5.74, 6) is -1.04. The lowest BCUT2D eigenvalue weighted by molar-refractivity contribution is -0.120. The van der Waals surface area contributed by atoms with Gasteiger partial charge in [-0.25, -0.2) is 4.90 Å². The van der Waals surface area contributed by atoms with Crippen LogP contribution in [0.1, 0.15) is 36.5 Å². The number of nitrogens with zero attached hydrogens (tertiary/aromatic N) is 1. The number of benzene rings is 3. The summed E-state index contributed by atoms with van der Waals surface area (Å²) in [7, 11) is 0. The van der Waals surface area contributed by atoms with Gasteiger partial charge in [-0.05, 0) is 59.9 Å². The summed E-state index contributed by atoms with van der Waals surface area (Å²) in [6, 6.07) is 19.7. The molecule has 0 fully saturated rings. The zero-order valence-electron chi connectivity index (χ0n) is 20.1. The Morgan fingerprint density at radius 3 is 2.31 bits per heavy atom. The van der Waals surface area contributed by atoms with Gasteiger partial charge in [0.05, 0.1) is 12.1 Å². The van der Waals surface area contributed by atoms with Crippen molar-refractivity contribution < 1.29 is 14.4 Å². The number of carbonyl (C=O) groups is 3. The molecule has 0 bridgehead atoms. The number of aryl methyl sites for hydroxylation is 1. The molecule has 4 rings (SSSR count). The summed E-state index contributed by atoms with van der Waals surface area (Å²) in [5, 5.41) is 6.16. The van der Waals surface area contributed by atoms with Crippen LogP contribution in [0.15, 0.2) is 77.5 Å². The van der Waals surface area contributed by atoms with Crippen LogP contribution in [0.2, 0.25) is 5.02 Å². The SMILES string of the molecule is Cc1ccc(N2C(=O)C(Cl)=C(Nc3ccc(CC(=O)Nc4ccccc4C(C)C)cc3)C2=O)cc1Cl. The number of rotatable bonds is 7. The van der Waals surface area contributed by atoms with Gasteiger partial charge in [0.2, 0.25) is 5.91 Å². The molecular formula is C28H25Cl2N3O3. The second-order valence-corrected chi connectivity index (χ2v) is 9.64. The Bertz CT molecular complexity index is 1380. The van der Waals surface area contributed by atoms with E-state index in [9.17, 15) is 14.4 Å². The minimum absolute atomic E-state index is 0.0193. The van der Waals surface area contributed by atoms with E-state index >= 15 is 0 Å². The van der Waals surface area contributed by atoms with E-state index < -0.39 is 11.8 Å². The summed E-state index contributed by atoms with van der Waals surface area (Å²) >= 11 is 12.4. The maximum atomic E-state index is 13.0. The fourth-order valence-electron chi connectivity index (χ4n) is 3.91. The van der Waals surface area contributed by atoms with Gasteiger partial charge in [0.25, 0.3) is 11.8 Å². The van der Waals surface area contributed by atoms with E-state index in [0.29, 0.717) is 16.4 Å². The van der Waals surface area contributed by atoms with Gasteiger partial charge >= 0.3 is 0 Å². The fourth-order valence-corrected chi connectivity index (χ4v) is 4.30. The summed E-state index contributed by atoms with van der Waals surface area (Å²) in [5.41, 5.74) is 4.39. The van der Waals surface area contributed by atoms with Gasteiger partial charge in [-0.15, -0.1) is 0 Å². The molecule has 0 aliphatic carbocycles. The van der Waals surface area contributed by atoms with Gasteiger partial charge in [-0.2, -0.15) is 0 Å². The molecule has 184 valence electrons. The van der Waals surface area contributed by atoms with Crippen LogP contribution in [0.3, 0.4) is 0 Å². The maximum Gasteiger partial charge on any atom is 0.283 e. The van der Waals surface area contributed by atoms with Crippen LogP contribution in [0.25, 0.3) is 0 Å². The molecule has 3 aromatic carbocycles. The van der Waals surface area contributed by atoms with Crippen LogP contribution in [-0.4, -0.2) is 17.7 Å². The number of anilines is 3. The molecule has 0 atom stereocenters. The van der Waals surface area contributed by atoms with Crippen molar-refractivity contribution in [3.8, 4) is 0 Å². The van der Waals surface area contributed by atoms with Gasteiger partial charge in [-0.3, -0.25) is 14.4 Å². The Balaban J connectivity index is 1.43. The van der Waals surface area contributed by atoms with E-state index in [1.807, 2.05) is 31.2 Å². The van der Waals surface area contributed by atoms with Crippen LogP contribution >= 0.6 is 23.2 Å². The summed E-state index contributed by atoms with van der Waals surface area (Å²) in [4.78, 5) is 39.3. The Labute approximate surface area is 219 Å². The Hall–Kier alpha value is -3.61. The smallest absolute Gasteiger partial charge is 0.283 e. The lowest BCUT2D eigenvalue weighted by atomic mass is 10.0. The molecule has 2 N–H and O–H groups in total. The number of nitrogens with one attached hydrogen (secondary N) is 2. The molecular weight excluding hydrogens is 497 g/mol. The van der Waals surface area contributed by atoms with E-state index in [-0.39, 0.29) is 29.0 Å². The highest BCUT2D eigenvalue weighted by Crippen LogP contribution is 2.32. The average molecular weight is 522 g/mol. The molecule has 36 heavy (non-hydrogen) atoms. The van der Waals surface area contributed by atoms with Crippen LogP contribution < -0.4 is 15.5 Å². The third-order valence-corrected chi connectivity index (χ3v) is 6.64. The van der Waals surface area contributed by atoms with Gasteiger partial charge < -0.3 is 10.6 Å². The van der Waals surface area contributed by atoms with Gasteiger partial charge in [0.15, 0.2) is 0 Å². The number of para-hydroxylation sites is 1. The molecule has 6 nitrogen and oxygen atoms in total. The average Bonchev–Trinajstić information content (AvgIpc) is 3.05. The molecule has 0 spiro atoms. The Kier molecular flexibility index (Phi) is 7.48. The highest BCUT2D eigenvalue weighted by atomic mass is 35.5. The number of hydrogen-bond donors (Lipinski definition) is 2. The minimum atomic E-state index is -0.626. The van der Waals surface area contributed by atoms with Crippen molar-refractivity contribution in [1.82, 2.24) is 0 Å². The molecule has 3 aromatic rings. The van der Waals surface area contributed by atoms with Gasteiger partial charge in [0.1, 0.15) is 10.7 Å². The molecule has 3 amide bonds. The maximum absolute atomic E-state index is 13.0. The lowest BCUT2D eigenvalue weighted by Gasteiger charge is -2.16. The second-order valence-electron chi connectivity index (χ2n) is 8.86. The largest absolute Gasteiger partial charge is 0.350 e. The van der Waals surface area contributed by atoms with E-state index in [0.717, 1.165) is 27.3 Å². The molecule has 0 unspecified atom stereocenters. The van der Waals surface area contributed by atoms with Crippen molar-refractivity contribution in [3.63, 3.8) is 0 Å². The van der Waals surface area contributed by atoms with Crippen molar-refractivity contribution in [3.05, 3.63) is 99.2 Å². The van der Waals surface area contributed by atoms with E-state index in [4.69, 9.17) is 23.2 Å². The van der Waals surface area contributed by atoms with E-state index in [2.05, 4.69) is 24.5 Å². The molecule has 0 saturated carbocycles. The van der Waals surface area contributed by atoms with Crippen molar-refractivity contribution in [2.45, 2.75) is 33.1 Å². The molecule has 1 heterocycles. The van der Waals surface area contributed by atoms with Crippen LogP contribution in [-0.2, 0) is 20.8 Å². The topological polar surface area (TPSA) is 78.5 Å². The quantitative estimate of drug-likeness (QED) is 0.353. The van der Waals surface area contributed by atoms with E-state index in [1.54, 1.807) is 42.5 Å². The third kappa shape index (κ3) is 5.30. The van der Waals surface area contributed by atoms with Crippen molar-refractivity contribution in [2.24, 2.45) is 0 Å². The number of amides is 3. The first kappa shape index (κ1) is 25.5. The van der Waals surface area contributed by atoms with Crippen LogP contribution in [0.4, 0.5) is 17.1 Å². The van der Waals surface area contributed by atoms with E-state index in [1.165, 1.54) is 0 Å². The molecule has 1 aliphatic rings. The second kappa shape index (κ2) is 10.6. The standard InChI is InChI=1S/C28H25Cl2N3O3/c1-16(2)21-6-4-5-7-23(21)32-24(34)14-18-9-11-19(12-10-18)31-26-25(30)27(35)33(28(26)36)20-13-8-17(3)22(29)15-20/h4-13,15-16,31H,14H2,1-3H3,(H,32,34). The zero-order chi connectivity index (χ0) is 26.0. The summed E-state index contributed by atoms with van der Waals surface area (Å²) in [6.07, 6.45) is 0.190. The Morgan fingerprint density at radius 2 is 1.64 bits per heavy atom. The van der Waals surface area contributed by atoms with Crippen LogP contribution in [0.5, 0.6) is 0 Å². The summed E-state index contributed by atoms with van der Waals surface area (Å²) in [6.45, 7) is 5.99. The molecule has 0 radical (unpaired) electrons. The predicted molar refractivity (Wildman–Crippen MR) is 144 cm³/mol. The lowest BCUT2D eigenvalue weighted by Crippen LogP contribution is -2.32. The fraction of sp³-hybridized carbons (Fsp3) is 0.179.